The highest BCUT2D eigenvalue weighted by Gasteiger charge is 2.26. The zero-order valence-electron chi connectivity index (χ0n) is 19.4. The number of anilines is 1. The average Bonchev–Trinajstić information content (AvgIpc) is 3.22. The first kappa shape index (κ1) is 25.7. The van der Waals surface area contributed by atoms with Crippen LogP contribution in [0.1, 0.15) is 10.4 Å². The normalized spacial score (nSPS) is 11.3. The van der Waals surface area contributed by atoms with Crippen molar-refractivity contribution in [2.75, 3.05) is 23.7 Å². The Morgan fingerprint density at radius 2 is 1.65 bits per heavy atom. The zero-order chi connectivity index (χ0) is 26.7. The van der Waals surface area contributed by atoms with Gasteiger partial charge in [0.25, 0.3) is 0 Å². The number of halogens is 1. The lowest BCUT2D eigenvalue weighted by Crippen LogP contribution is -2.32. The van der Waals surface area contributed by atoms with Crippen molar-refractivity contribution in [2.24, 2.45) is 5.73 Å². The van der Waals surface area contributed by atoms with Gasteiger partial charge in [-0.15, -0.1) is 0 Å². The molecule has 1 aromatic heterocycles. The first-order valence-electron chi connectivity index (χ1n) is 10.8. The lowest BCUT2D eigenvalue weighted by molar-refractivity contribution is 0.0640. The molecular weight excluding hydrogens is 507 g/mol. The molecule has 1 heterocycles. The van der Waals surface area contributed by atoms with Crippen molar-refractivity contribution in [3.63, 3.8) is 0 Å². The van der Waals surface area contributed by atoms with Crippen LogP contribution in [-0.2, 0) is 14.8 Å². The number of esters is 1. The van der Waals surface area contributed by atoms with Crippen LogP contribution in [0.5, 0.6) is 11.5 Å². The number of ether oxygens (including phenoxy) is 2. The molecule has 192 valence electrons. The molecule has 0 saturated carbocycles. The van der Waals surface area contributed by atoms with E-state index < -0.39 is 34.5 Å². The smallest absolute Gasteiger partial charge is 0.412 e. The number of hydrogen-bond donors (Lipinski definition) is 2. The second-order valence-corrected chi connectivity index (χ2v) is 9.74. The van der Waals surface area contributed by atoms with Crippen LogP contribution in [0, 0.1) is 5.82 Å². The molecule has 0 spiro atoms. The number of aliphatic hydroxyl groups excluding tert-OH is 1. The van der Waals surface area contributed by atoms with Crippen LogP contribution in [0.2, 0.25) is 0 Å². The fourth-order valence-corrected chi connectivity index (χ4v) is 4.59. The molecule has 3 aromatic carbocycles. The third kappa shape index (κ3) is 5.71. The maximum atomic E-state index is 13.1. The molecule has 0 aliphatic carbocycles. The molecule has 0 aliphatic rings. The lowest BCUT2D eigenvalue weighted by atomic mass is 10.1. The van der Waals surface area contributed by atoms with Gasteiger partial charge in [0.2, 0.25) is 10.0 Å². The summed E-state index contributed by atoms with van der Waals surface area (Å²) >= 11 is 0. The third-order valence-electron chi connectivity index (χ3n) is 5.23. The van der Waals surface area contributed by atoms with Gasteiger partial charge in [-0.25, -0.2) is 22.4 Å². The van der Waals surface area contributed by atoms with Crippen LogP contribution >= 0.6 is 0 Å². The SMILES string of the molecule is CS(=O)(=O)N(CCO)c1ccc2c(C(=O)OC(N)=O)c(-c3ccc(Oc4ccc(F)cc4)cc3)oc2c1. The van der Waals surface area contributed by atoms with E-state index in [1.165, 1.54) is 42.5 Å². The minimum absolute atomic E-state index is 0.0415. The van der Waals surface area contributed by atoms with Gasteiger partial charge in [0.05, 0.1) is 25.1 Å². The van der Waals surface area contributed by atoms with Gasteiger partial charge in [0.1, 0.15) is 34.2 Å². The second kappa shape index (κ2) is 10.3. The van der Waals surface area contributed by atoms with Gasteiger partial charge in [0, 0.05) is 17.0 Å². The number of rotatable bonds is 8. The number of fused-ring (bicyclic) bond motifs is 1. The number of nitrogens with two attached hydrogens (primary N) is 1. The summed E-state index contributed by atoms with van der Waals surface area (Å²) in [7, 11) is -3.73. The number of furan rings is 1. The molecule has 0 unspecified atom stereocenters. The second-order valence-electron chi connectivity index (χ2n) is 7.83. The van der Waals surface area contributed by atoms with Crippen molar-refractivity contribution in [2.45, 2.75) is 0 Å². The van der Waals surface area contributed by atoms with Gasteiger partial charge in [-0.2, -0.15) is 0 Å². The molecule has 3 N–H and O–H groups in total. The van der Waals surface area contributed by atoms with Crippen molar-refractivity contribution < 1.29 is 41.4 Å². The first-order chi connectivity index (χ1) is 17.6. The summed E-state index contributed by atoms with van der Waals surface area (Å²) < 4.78 is 54.7. The lowest BCUT2D eigenvalue weighted by Gasteiger charge is -2.21. The maximum absolute atomic E-state index is 13.1. The van der Waals surface area contributed by atoms with Gasteiger partial charge in [-0.3, -0.25) is 4.31 Å². The van der Waals surface area contributed by atoms with Crippen LogP contribution in [0.25, 0.3) is 22.3 Å². The average molecular weight is 529 g/mol. The Morgan fingerprint density at radius 3 is 2.22 bits per heavy atom. The molecule has 0 radical (unpaired) electrons. The minimum atomic E-state index is -3.73. The molecule has 12 heteroatoms. The molecule has 0 saturated heterocycles. The Balaban J connectivity index is 1.77. The molecule has 37 heavy (non-hydrogen) atoms. The highest BCUT2D eigenvalue weighted by atomic mass is 32.2. The topological polar surface area (TPSA) is 149 Å². The quantitative estimate of drug-likeness (QED) is 0.257. The molecule has 0 aliphatic heterocycles. The Labute approximate surface area is 210 Å². The van der Waals surface area contributed by atoms with Gasteiger partial charge in [0.15, 0.2) is 0 Å². The van der Waals surface area contributed by atoms with Crippen molar-refractivity contribution in [1.82, 2.24) is 0 Å². The molecule has 0 fully saturated rings. The number of amides is 1. The van der Waals surface area contributed by atoms with Crippen LogP contribution in [0.3, 0.4) is 0 Å². The largest absolute Gasteiger partial charge is 0.457 e. The summed E-state index contributed by atoms with van der Waals surface area (Å²) in [4.78, 5) is 24.0. The maximum Gasteiger partial charge on any atom is 0.412 e. The summed E-state index contributed by atoms with van der Waals surface area (Å²) in [5.74, 6) is -0.588. The number of aliphatic hydroxyl groups is 1. The molecule has 10 nitrogen and oxygen atoms in total. The Bertz CT molecular complexity index is 1570. The first-order valence-corrected chi connectivity index (χ1v) is 12.6. The van der Waals surface area contributed by atoms with Crippen molar-refractivity contribution in [3.8, 4) is 22.8 Å². The van der Waals surface area contributed by atoms with E-state index in [0.717, 1.165) is 10.6 Å². The van der Waals surface area contributed by atoms with Gasteiger partial charge in [-0.1, -0.05) is 0 Å². The monoisotopic (exact) mass is 528 g/mol. The standard InChI is InChI=1S/C25H21FN2O8S/c1-37(32,33)28(12-13-29)17-6-11-20-21(14-17)35-23(22(20)24(30)36-25(27)31)15-2-7-18(8-3-15)34-19-9-4-16(26)5-10-19/h2-11,14,29H,12-13H2,1H3,(H2,27,31). The van der Waals surface area contributed by atoms with E-state index in [9.17, 15) is 27.5 Å². The van der Waals surface area contributed by atoms with E-state index in [2.05, 4.69) is 4.74 Å². The van der Waals surface area contributed by atoms with Crippen LogP contribution in [0.15, 0.2) is 71.1 Å². The van der Waals surface area contributed by atoms with E-state index >= 15 is 0 Å². The molecule has 0 bridgehead atoms. The van der Waals surface area contributed by atoms with E-state index in [-0.39, 0.29) is 34.5 Å². The number of primary amides is 1. The Kier molecular flexibility index (Phi) is 7.14. The number of benzene rings is 3. The van der Waals surface area contributed by atoms with Gasteiger partial charge < -0.3 is 24.7 Å². The number of sulfonamides is 1. The van der Waals surface area contributed by atoms with E-state index in [4.69, 9.17) is 14.9 Å². The highest BCUT2D eigenvalue weighted by Crippen LogP contribution is 2.37. The van der Waals surface area contributed by atoms with Crippen LogP contribution in [-0.4, -0.2) is 45.0 Å². The number of hydrogen-bond acceptors (Lipinski definition) is 8. The Hall–Kier alpha value is -4.42. The molecular formula is C25H21FN2O8S. The summed E-state index contributed by atoms with van der Waals surface area (Å²) in [6.45, 7) is -0.610. The molecule has 0 atom stereocenters. The predicted molar refractivity (Wildman–Crippen MR) is 132 cm³/mol. The summed E-state index contributed by atoms with van der Waals surface area (Å²) in [6, 6.07) is 16.1. The van der Waals surface area contributed by atoms with Crippen molar-refractivity contribution >= 4 is 38.7 Å². The molecule has 4 rings (SSSR count). The Morgan fingerprint density at radius 1 is 1.03 bits per heavy atom. The van der Waals surface area contributed by atoms with Crippen molar-refractivity contribution in [1.29, 1.82) is 0 Å². The fourth-order valence-electron chi connectivity index (χ4n) is 3.68. The zero-order valence-corrected chi connectivity index (χ0v) is 20.2. The fraction of sp³-hybridized carbons (Fsp3) is 0.120. The third-order valence-corrected chi connectivity index (χ3v) is 6.42. The van der Waals surface area contributed by atoms with Crippen molar-refractivity contribution in [3.05, 3.63) is 78.1 Å². The summed E-state index contributed by atoms with van der Waals surface area (Å²) in [6.07, 6.45) is -0.317. The van der Waals surface area contributed by atoms with Gasteiger partial charge in [-0.05, 0) is 60.7 Å². The van der Waals surface area contributed by atoms with E-state index in [0.29, 0.717) is 17.1 Å². The van der Waals surface area contributed by atoms with Gasteiger partial charge >= 0.3 is 12.1 Å². The van der Waals surface area contributed by atoms with Crippen LogP contribution in [0.4, 0.5) is 14.9 Å². The van der Waals surface area contributed by atoms with Crippen LogP contribution < -0.4 is 14.8 Å². The molecule has 4 aromatic rings. The predicted octanol–water partition coefficient (Wildman–Crippen LogP) is 4.03. The van der Waals surface area contributed by atoms with E-state index in [1.807, 2.05) is 0 Å². The number of carbonyl (C=O) groups excluding carboxylic acids is 2. The minimum Gasteiger partial charge on any atom is -0.457 e. The highest BCUT2D eigenvalue weighted by molar-refractivity contribution is 7.92. The van der Waals surface area contributed by atoms with E-state index in [1.54, 1.807) is 24.3 Å². The summed E-state index contributed by atoms with van der Waals surface area (Å²) in [5.41, 5.74) is 5.67. The molecule has 1 amide bonds. The summed E-state index contributed by atoms with van der Waals surface area (Å²) in [5, 5.41) is 9.54. The number of carbonyl (C=O) groups is 2. The number of nitrogens with zero attached hydrogens (tertiary/aromatic N) is 1.